The first-order valence-electron chi connectivity index (χ1n) is 19.1. The Hall–Kier alpha value is -5.42. The van der Waals surface area contributed by atoms with Gasteiger partial charge in [0.15, 0.2) is 0 Å². The number of benzene rings is 3. The summed E-state index contributed by atoms with van der Waals surface area (Å²) in [6.45, 7) is 8.16. The van der Waals surface area contributed by atoms with E-state index in [1.807, 2.05) is 84.9 Å². The Labute approximate surface area is 325 Å². The average Bonchev–Trinajstić information content (AvgIpc) is 3.20. The largest absolute Gasteiger partial charge is 0.489 e. The van der Waals surface area contributed by atoms with Gasteiger partial charge in [-0.15, -0.1) is 13.2 Å². The number of esters is 1. The molecule has 0 saturated heterocycles. The molecule has 0 fully saturated rings. The van der Waals surface area contributed by atoms with Crippen molar-refractivity contribution in [1.29, 1.82) is 0 Å². The number of hydrogen-bond donors (Lipinski definition) is 4. The Morgan fingerprint density at radius 3 is 2.07 bits per heavy atom. The molecule has 296 valence electrons. The number of unbranched alkanes of at least 4 members (excludes halogenated alkanes) is 3. The highest BCUT2D eigenvalue weighted by molar-refractivity contribution is 5.86. The van der Waals surface area contributed by atoms with E-state index in [1.54, 1.807) is 12.2 Å². The zero-order valence-electron chi connectivity index (χ0n) is 31.8. The molecule has 4 N–H and O–H groups in total. The maximum atomic E-state index is 13.5. The Morgan fingerprint density at radius 1 is 0.727 bits per heavy atom. The van der Waals surface area contributed by atoms with Crippen LogP contribution in [0.25, 0.3) is 0 Å². The van der Waals surface area contributed by atoms with Gasteiger partial charge < -0.3 is 35.3 Å². The SMILES string of the molecule is C=CCCCCC(=O)OC[C@H](CCCCNC(=O)OCc1ccccc1)NC(=O)[C@H](CC=C)CC(=O)N[C@H](CO)Cc1ccc(OCc2ccccc2)cc1. The molecule has 0 spiro atoms. The second-order valence-corrected chi connectivity index (χ2v) is 13.4. The number of aliphatic hydroxyl groups excluding tert-OH is 1. The summed E-state index contributed by atoms with van der Waals surface area (Å²) in [4.78, 5) is 51.3. The number of nitrogens with one attached hydrogen (secondary N) is 3. The topological polar surface area (TPSA) is 152 Å². The van der Waals surface area contributed by atoms with Gasteiger partial charge in [0, 0.05) is 19.4 Å². The second kappa shape index (κ2) is 26.4. The van der Waals surface area contributed by atoms with Crippen molar-refractivity contribution in [2.75, 3.05) is 19.8 Å². The summed E-state index contributed by atoms with van der Waals surface area (Å²) in [6, 6.07) is 25.7. The van der Waals surface area contributed by atoms with Crippen LogP contribution in [0.1, 0.15) is 74.5 Å². The molecule has 0 radical (unpaired) electrons. The summed E-state index contributed by atoms with van der Waals surface area (Å²) in [7, 11) is 0. The number of carbonyl (C=O) groups excluding carboxylic acids is 4. The molecule has 0 bridgehead atoms. The molecule has 0 heterocycles. The van der Waals surface area contributed by atoms with Crippen molar-refractivity contribution >= 4 is 23.9 Å². The van der Waals surface area contributed by atoms with E-state index in [0.717, 1.165) is 29.5 Å². The molecule has 0 aliphatic rings. The van der Waals surface area contributed by atoms with Gasteiger partial charge in [-0.3, -0.25) is 14.4 Å². The van der Waals surface area contributed by atoms with Gasteiger partial charge in [-0.25, -0.2) is 4.79 Å². The van der Waals surface area contributed by atoms with Gasteiger partial charge in [-0.1, -0.05) is 84.9 Å². The fourth-order valence-corrected chi connectivity index (χ4v) is 5.72. The van der Waals surface area contributed by atoms with Crippen LogP contribution in [-0.2, 0) is 43.5 Å². The van der Waals surface area contributed by atoms with Crippen LogP contribution in [0.3, 0.4) is 0 Å². The number of alkyl carbamates (subject to hydrolysis) is 1. The monoisotopic (exact) mass is 755 g/mol. The van der Waals surface area contributed by atoms with Crippen LogP contribution in [0.4, 0.5) is 4.79 Å². The first-order valence-corrected chi connectivity index (χ1v) is 19.1. The Balaban J connectivity index is 1.49. The van der Waals surface area contributed by atoms with Crippen LogP contribution in [0.2, 0.25) is 0 Å². The van der Waals surface area contributed by atoms with E-state index in [-0.39, 0.29) is 56.9 Å². The number of rotatable bonds is 27. The third-order valence-electron chi connectivity index (χ3n) is 8.79. The van der Waals surface area contributed by atoms with Crippen LogP contribution < -0.4 is 20.7 Å². The lowest BCUT2D eigenvalue weighted by atomic mass is 9.98. The lowest BCUT2D eigenvalue weighted by Gasteiger charge is -2.23. The van der Waals surface area contributed by atoms with E-state index in [4.69, 9.17) is 14.2 Å². The van der Waals surface area contributed by atoms with Crippen molar-refractivity contribution in [3.8, 4) is 5.75 Å². The maximum Gasteiger partial charge on any atom is 0.407 e. The Morgan fingerprint density at radius 2 is 1.42 bits per heavy atom. The van der Waals surface area contributed by atoms with E-state index in [9.17, 15) is 24.3 Å². The molecule has 55 heavy (non-hydrogen) atoms. The minimum Gasteiger partial charge on any atom is -0.489 e. The molecule has 3 atom stereocenters. The van der Waals surface area contributed by atoms with Crippen molar-refractivity contribution in [2.24, 2.45) is 5.92 Å². The number of aliphatic hydroxyl groups is 1. The van der Waals surface area contributed by atoms with Gasteiger partial charge in [-0.05, 0) is 80.2 Å². The molecule has 3 aromatic rings. The standard InChI is InChI=1S/C44H57N3O8/c1-3-5-6-13-22-42(50)54-33-38(21-14-15-27-45-44(52)55-32-36-19-11-8-12-20-36)47-43(51)37(16-4-2)29-41(49)46-39(30-48)28-34-23-25-40(26-24-34)53-31-35-17-9-7-10-18-35/h3-4,7-12,17-20,23-26,37-39,48H,1-2,5-6,13-16,21-22,27-33H2,(H,45,52)(H,46,49)(H,47,51)/t37-,38+,39+/m1/s1. The van der Waals surface area contributed by atoms with E-state index in [0.29, 0.717) is 51.0 Å². The van der Waals surface area contributed by atoms with Gasteiger partial charge in [-0.2, -0.15) is 0 Å². The number of amides is 3. The minimum atomic E-state index is -0.726. The van der Waals surface area contributed by atoms with Crippen molar-refractivity contribution in [1.82, 2.24) is 16.0 Å². The highest BCUT2D eigenvalue weighted by atomic mass is 16.5. The molecule has 0 aliphatic carbocycles. The van der Waals surface area contributed by atoms with Crippen molar-refractivity contribution in [2.45, 2.75) is 89.5 Å². The van der Waals surface area contributed by atoms with E-state index >= 15 is 0 Å². The highest BCUT2D eigenvalue weighted by Gasteiger charge is 2.25. The van der Waals surface area contributed by atoms with Gasteiger partial charge >= 0.3 is 12.1 Å². The predicted molar refractivity (Wildman–Crippen MR) is 213 cm³/mol. The van der Waals surface area contributed by atoms with Crippen LogP contribution >= 0.6 is 0 Å². The van der Waals surface area contributed by atoms with Gasteiger partial charge in [0.2, 0.25) is 11.8 Å². The first-order chi connectivity index (χ1) is 26.8. The third kappa shape index (κ3) is 19.0. The molecule has 0 aliphatic heterocycles. The molecule has 11 heteroatoms. The molecule has 11 nitrogen and oxygen atoms in total. The van der Waals surface area contributed by atoms with Gasteiger partial charge in [0.25, 0.3) is 0 Å². The molecule has 0 aromatic heterocycles. The Kier molecular flexibility index (Phi) is 21.1. The summed E-state index contributed by atoms with van der Waals surface area (Å²) < 4.78 is 16.7. The quantitative estimate of drug-likeness (QED) is 0.0380. The lowest BCUT2D eigenvalue weighted by molar-refractivity contribution is -0.145. The zero-order valence-corrected chi connectivity index (χ0v) is 31.8. The lowest BCUT2D eigenvalue weighted by Crippen LogP contribution is -2.45. The molecule has 0 saturated carbocycles. The van der Waals surface area contributed by atoms with Crippen LogP contribution in [0.15, 0.2) is 110 Å². The predicted octanol–water partition coefficient (Wildman–Crippen LogP) is 6.74. The Bertz CT molecular complexity index is 1580. The zero-order chi connectivity index (χ0) is 39.5. The van der Waals surface area contributed by atoms with Crippen LogP contribution in [-0.4, -0.2) is 60.8 Å². The highest BCUT2D eigenvalue weighted by Crippen LogP contribution is 2.17. The third-order valence-corrected chi connectivity index (χ3v) is 8.79. The smallest absolute Gasteiger partial charge is 0.407 e. The molecule has 0 unspecified atom stereocenters. The number of carbonyl (C=O) groups is 4. The molecular formula is C44H57N3O8. The summed E-state index contributed by atoms with van der Waals surface area (Å²) in [5, 5.41) is 18.6. The van der Waals surface area contributed by atoms with E-state index in [2.05, 4.69) is 29.1 Å². The van der Waals surface area contributed by atoms with Crippen LogP contribution in [0, 0.1) is 5.92 Å². The molecule has 3 amide bonds. The van der Waals surface area contributed by atoms with E-state index < -0.39 is 24.1 Å². The van der Waals surface area contributed by atoms with Crippen LogP contribution in [0.5, 0.6) is 5.75 Å². The first kappa shape index (κ1) is 44.0. The van der Waals surface area contributed by atoms with E-state index in [1.165, 1.54) is 0 Å². The second-order valence-electron chi connectivity index (χ2n) is 13.4. The summed E-state index contributed by atoms with van der Waals surface area (Å²) in [5.41, 5.74) is 2.86. The molecule has 3 rings (SSSR count). The average molecular weight is 756 g/mol. The molecule has 3 aromatic carbocycles. The number of ether oxygens (including phenoxy) is 3. The number of allylic oxidation sites excluding steroid dienone is 2. The van der Waals surface area contributed by atoms with Crippen molar-refractivity contribution < 1.29 is 38.5 Å². The maximum absolute atomic E-state index is 13.5. The fraction of sp³-hybridized carbons (Fsp3) is 0.409. The van der Waals surface area contributed by atoms with Gasteiger partial charge in [0.1, 0.15) is 25.6 Å². The normalized spacial score (nSPS) is 12.3. The van der Waals surface area contributed by atoms with Gasteiger partial charge in [0.05, 0.1) is 24.6 Å². The summed E-state index contributed by atoms with van der Waals surface area (Å²) in [5.74, 6) is -1.11. The fourth-order valence-electron chi connectivity index (χ4n) is 5.72. The van der Waals surface area contributed by atoms with Crippen molar-refractivity contribution in [3.63, 3.8) is 0 Å². The summed E-state index contributed by atoms with van der Waals surface area (Å²) in [6.07, 6.45) is 7.68. The minimum absolute atomic E-state index is 0.0196. The number of hydrogen-bond acceptors (Lipinski definition) is 8. The molecular weight excluding hydrogens is 698 g/mol. The summed E-state index contributed by atoms with van der Waals surface area (Å²) >= 11 is 0. The van der Waals surface area contributed by atoms with Crippen molar-refractivity contribution in [3.05, 3.63) is 127 Å².